The molecule has 6 heteroatoms. The number of anilines is 1. The molecule has 3 rings (SSSR count). The molecule has 0 aromatic carbocycles. The van der Waals surface area contributed by atoms with Crippen molar-refractivity contribution >= 4 is 22.8 Å². The van der Waals surface area contributed by atoms with E-state index in [9.17, 15) is 9.90 Å². The van der Waals surface area contributed by atoms with Crippen molar-refractivity contribution in [2.75, 3.05) is 18.0 Å². The number of pyridine rings is 1. The smallest absolute Gasteiger partial charge is 0.339 e. The Morgan fingerprint density at radius 2 is 1.80 bits per heavy atom. The zero-order chi connectivity index (χ0) is 14.1. The molecular formula is C14H16N4O2. The molecule has 1 aliphatic rings. The third kappa shape index (κ3) is 2.07. The number of carboxylic acid groups (broad SMARTS) is 1. The molecule has 0 unspecified atom stereocenters. The summed E-state index contributed by atoms with van der Waals surface area (Å²) < 4.78 is 0. The van der Waals surface area contributed by atoms with Crippen molar-refractivity contribution < 1.29 is 9.90 Å². The second kappa shape index (κ2) is 5.03. The molecule has 104 valence electrons. The minimum absolute atomic E-state index is 0.147. The van der Waals surface area contributed by atoms with Crippen molar-refractivity contribution in [2.45, 2.75) is 26.2 Å². The number of carbonyl (C=O) groups is 1. The van der Waals surface area contributed by atoms with Gasteiger partial charge in [0.05, 0.1) is 5.69 Å². The molecule has 0 amide bonds. The largest absolute Gasteiger partial charge is 0.478 e. The number of aromatic carboxylic acids is 1. The van der Waals surface area contributed by atoms with Gasteiger partial charge in [-0.15, -0.1) is 0 Å². The molecule has 0 radical (unpaired) electrons. The lowest BCUT2D eigenvalue weighted by Gasteiger charge is -2.28. The number of nitrogens with zero attached hydrogens (tertiary/aromatic N) is 4. The molecule has 1 aliphatic heterocycles. The van der Waals surface area contributed by atoms with E-state index in [1.165, 1.54) is 12.6 Å². The van der Waals surface area contributed by atoms with Crippen LogP contribution in [-0.4, -0.2) is 39.1 Å². The molecule has 0 spiro atoms. The van der Waals surface area contributed by atoms with Crippen LogP contribution in [0.15, 0.2) is 12.4 Å². The van der Waals surface area contributed by atoms with E-state index in [4.69, 9.17) is 0 Å². The SMILES string of the molecule is Cc1nc(N2CCCCC2)c2nccnc2c1C(=O)O. The Kier molecular flexibility index (Phi) is 3.22. The summed E-state index contributed by atoms with van der Waals surface area (Å²) >= 11 is 0. The molecule has 0 saturated carbocycles. The number of hydrogen-bond acceptors (Lipinski definition) is 5. The molecule has 0 aliphatic carbocycles. The molecule has 0 atom stereocenters. The van der Waals surface area contributed by atoms with Crippen LogP contribution in [-0.2, 0) is 0 Å². The van der Waals surface area contributed by atoms with Crippen LogP contribution in [0, 0.1) is 6.92 Å². The maximum atomic E-state index is 11.4. The fourth-order valence-electron chi connectivity index (χ4n) is 2.71. The van der Waals surface area contributed by atoms with E-state index in [2.05, 4.69) is 19.9 Å². The van der Waals surface area contributed by atoms with Gasteiger partial charge in [-0.1, -0.05) is 0 Å². The van der Waals surface area contributed by atoms with Gasteiger partial charge in [-0.3, -0.25) is 4.98 Å². The van der Waals surface area contributed by atoms with Crippen molar-refractivity contribution in [2.24, 2.45) is 0 Å². The molecule has 3 heterocycles. The normalized spacial score (nSPS) is 15.6. The standard InChI is InChI=1S/C14H16N4O2/c1-9-10(14(19)20)11-12(16-6-5-15-11)13(17-9)18-7-3-2-4-8-18/h5-6H,2-4,7-8H2,1H3,(H,19,20). The zero-order valence-electron chi connectivity index (χ0n) is 11.3. The van der Waals surface area contributed by atoms with Gasteiger partial charge in [0.25, 0.3) is 0 Å². The number of rotatable bonds is 2. The van der Waals surface area contributed by atoms with Gasteiger partial charge in [-0.2, -0.15) is 0 Å². The van der Waals surface area contributed by atoms with Crippen LogP contribution in [0.4, 0.5) is 5.82 Å². The fraction of sp³-hybridized carbons (Fsp3) is 0.429. The van der Waals surface area contributed by atoms with E-state index < -0.39 is 5.97 Å². The van der Waals surface area contributed by atoms with Crippen LogP contribution in [0.5, 0.6) is 0 Å². The summed E-state index contributed by atoms with van der Waals surface area (Å²) in [7, 11) is 0. The van der Waals surface area contributed by atoms with Gasteiger partial charge in [0, 0.05) is 25.5 Å². The Labute approximate surface area is 116 Å². The number of fused-ring (bicyclic) bond motifs is 1. The minimum atomic E-state index is -1.01. The highest BCUT2D eigenvalue weighted by Gasteiger charge is 2.22. The van der Waals surface area contributed by atoms with Gasteiger partial charge in [0.15, 0.2) is 5.82 Å². The lowest BCUT2D eigenvalue weighted by Crippen LogP contribution is -2.31. The molecule has 1 N–H and O–H groups in total. The predicted octanol–water partition coefficient (Wildman–Crippen LogP) is 2.02. The summed E-state index contributed by atoms with van der Waals surface area (Å²) in [6.07, 6.45) is 6.59. The van der Waals surface area contributed by atoms with Gasteiger partial charge in [-0.25, -0.2) is 14.8 Å². The summed E-state index contributed by atoms with van der Waals surface area (Å²) in [5.74, 6) is -0.249. The van der Waals surface area contributed by atoms with E-state index in [0.29, 0.717) is 16.7 Å². The monoisotopic (exact) mass is 272 g/mol. The summed E-state index contributed by atoms with van der Waals surface area (Å²) in [5, 5.41) is 9.34. The highest BCUT2D eigenvalue weighted by molar-refractivity contribution is 6.04. The number of aromatic nitrogens is 3. The second-order valence-corrected chi connectivity index (χ2v) is 5.00. The molecule has 1 fully saturated rings. The highest BCUT2D eigenvalue weighted by atomic mass is 16.4. The lowest BCUT2D eigenvalue weighted by atomic mass is 10.1. The second-order valence-electron chi connectivity index (χ2n) is 5.00. The van der Waals surface area contributed by atoms with Crippen LogP contribution in [0.2, 0.25) is 0 Å². The molecule has 6 nitrogen and oxygen atoms in total. The van der Waals surface area contributed by atoms with Crippen LogP contribution in [0.1, 0.15) is 35.3 Å². The first kappa shape index (κ1) is 12.8. The predicted molar refractivity (Wildman–Crippen MR) is 75.1 cm³/mol. The third-order valence-electron chi connectivity index (χ3n) is 3.65. The Balaban J connectivity index is 2.23. The number of hydrogen-bond donors (Lipinski definition) is 1. The van der Waals surface area contributed by atoms with Gasteiger partial charge >= 0.3 is 5.97 Å². The Bertz CT molecular complexity index is 666. The first-order valence-corrected chi connectivity index (χ1v) is 6.78. The van der Waals surface area contributed by atoms with E-state index in [1.807, 2.05) is 0 Å². The molecular weight excluding hydrogens is 256 g/mol. The lowest BCUT2D eigenvalue weighted by molar-refractivity contribution is 0.0697. The highest BCUT2D eigenvalue weighted by Crippen LogP contribution is 2.28. The summed E-state index contributed by atoms with van der Waals surface area (Å²) in [6, 6.07) is 0. The molecule has 1 saturated heterocycles. The molecule has 0 bridgehead atoms. The average Bonchev–Trinajstić information content (AvgIpc) is 2.47. The number of aryl methyl sites for hydroxylation is 1. The molecule has 2 aromatic heterocycles. The van der Waals surface area contributed by atoms with Gasteiger partial charge in [-0.05, 0) is 26.2 Å². The average molecular weight is 272 g/mol. The summed E-state index contributed by atoms with van der Waals surface area (Å²) in [6.45, 7) is 3.58. The Hall–Kier alpha value is -2.24. The van der Waals surface area contributed by atoms with Crippen LogP contribution < -0.4 is 4.90 Å². The van der Waals surface area contributed by atoms with E-state index in [1.54, 1.807) is 13.1 Å². The maximum Gasteiger partial charge on any atom is 0.339 e. The molecule has 20 heavy (non-hydrogen) atoms. The van der Waals surface area contributed by atoms with Gasteiger partial charge in [0.1, 0.15) is 16.6 Å². The first-order chi connectivity index (χ1) is 9.68. The summed E-state index contributed by atoms with van der Waals surface area (Å²) in [5.41, 5.74) is 1.64. The Morgan fingerprint density at radius 1 is 1.15 bits per heavy atom. The van der Waals surface area contributed by atoms with E-state index in [0.717, 1.165) is 31.7 Å². The minimum Gasteiger partial charge on any atom is -0.478 e. The molecule has 2 aromatic rings. The number of piperidine rings is 1. The van der Waals surface area contributed by atoms with Crippen LogP contribution >= 0.6 is 0 Å². The summed E-state index contributed by atoms with van der Waals surface area (Å²) in [4.78, 5) is 26.6. The fourth-order valence-corrected chi connectivity index (χ4v) is 2.71. The van der Waals surface area contributed by atoms with E-state index in [-0.39, 0.29) is 5.56 Å². The maximum absolute atomic E-state index is 11.4. The van der Waals surface area contributed by atoms with Crippen molar-refractivity contribution in [3.8, 4) is 0 Å². The number of carboxylic acids is 1. The van der Waals surface area contributed by atoms with Crippen LogP contribution in [0.25, 0.3) is 11.0 Å². The Morgan fingerprint density at radius 3 is 2.45 bits per heavy atom. The zero-order valence-corrected chi connectivity index (χ0v) is 11.3. The van der Waals surface area contributed by atoms with Crippen molar-refractivity contribution in [3.05, 3.63) is 23.7 Å². The van der Waals surface area contributed by atoms with Gasteiger partial charge in [0.2, 0.25) is 0 Å². The van der Waals surface area contributed by atoms with Gasteiger partial charge < -0.3 is 10.0 Å². The topological polar surface area (TPSA) is 79.2 Å². The van der Waals surface area contributed by atoms with Crippen molar-refractivity contribution in [1.29, 1.82) is 0 Å². The third-order valence-corrected chi connectivity index (χ3v) is 3.65. The van der Waals surface area contributed by atoms with E-state index >= 15 is 0 Å². The quantitative estimate of drug-likeness (QED) is 0.901. The van der Waals surface area contributed by atoms with Crippen LogP contribution in [0.3, 0.4) is 0 Å². The first-order valence-electron chi connectivity index (χ1n) is 6.78. The van der Waals surface area contributed by atoms with Crippen molar-refractivity contribution in [1.82, 2.24) is 15.0 Å². The van der Waals surface area contributed by atoms with Crippen molar-refractivity contribution in [3.63, 3.8) is 0 Å².